The highest BCUT2D eigenvalue weighted by Gasteiger charge is 2.34. The smallest absolute Gasteiger partial charge is 0.225 e. The van der Waals surface area contributed by atoms with E-state index in [0.717, 1.165) is 39.0 Å². The Morgan fingerprint density at radius 2 is 1.72 bits per heavy atom. The molecule has 0 aliphatic carbocycles. The van der Waals surface area contributed by atoms with Crippen molar-refractivity contribution in [3.05, 3.63) is 0 Å². The number of carbonyl (C=O) groups is 1. The fourth-order valence-corrected chi connectivity index (χ4v) is 3.49. The van der Waals surface area contributed by atoms with Crippen LogP contribution in [0.5, 0.6) is 0 Å². The lowest BCUT2D eigenvalue weighted by Crippen LogP contribution is -2.47. The lowest BCUT2D eigenvalue weighted by atomic mass is 9.74. The maximum absolute atomic E-state index is 12.4. The summed E-state index contributed by atoms with van der Waals surface area (Å²) in [5.41, 5.74) is 0.519. The minimum absolute atomic E-state index is 0.294. The Morgan fingerprint density at radius 1 is 1.17 bits per heavy atom. The van der Waals surface area contributed by atoms with Gasteiger partial charge < -0.3 is 10.2 Å². The zero-order valence-corrected chi connectivity index (χ0v) is 12.0. The SMILES string of the molecule is CCC1(CC)CCN(C(=O)C2CCNCC2)CC1. The summed E-state index contributed by atoms with van der Waals surface area (Å²) in [7, 11) is 0. The van der Waals surface area contributed by atoms with E-state index in [9.17, 15) is 4.79 Å². The molecule has 0 saturated carbocycles. The maximum Gasteiger partial charge on any atom is 0.225 e. The van der Waals surface area contributed by atoms with E-state index in [-0.39, 0.29) is 0 Å². The second-order valence-corrected chi connectivity index (χ2v) is 6.06. The van der Waals surface area contributed by atoms with E-state index < -0.39 is 0 Å². The van der Waals surface area contributed by atoms with Gasteiger partial charge in [0, 0.05) is 19.0 Å². The van der Waals surface area contributed by atoms with Gasteiger partial charge in [-0.3, -0.25) is 4.79 Å². The van der Waals surface area contributed by atoms with Gasteiger partial charge in [-0.25, -0.2) is 0 Å². The van der Waals surface area contributed by atoms with Crippen LogP contribution < -0.4 is 5.32 Å². The predicted molar refractivity (Wildman–Crippen MR) is 74.4 cm³/mol. The second kappa shape index (κ2) is 6.05. The van der Waals surface area contributed by atoms with Gasteiger partial charge in [0.1, 0.15) is 0 Å². The Hall–Kier alpha value is -0.570. The Kier molecular flexibility index (Phi) is 4.66. The molecule has 2 aliphatic heterocycles. The summed E-state index contributed by atoms with van der Waals surface area (Å²) in [5.74, 6) is 0.722. The number of carbonyl (C=O) groups excluding carboxylic acids is 1. The number of piperidine rings is 2. The van der Waals surface area contributed by atoms with E-state index in [1.54, 1.807) is 0 Å². The molecule has 0 unspecified atom stereocenters. The van der Waals surface area contributed by atoms with Crippen LogP contribution in [0.25, 0.3) is 0 Å². The molecule has 2 rings (SSSR count). The minimum atomic E-state index is 0.294. The van der Waals surface area contributed by atoms with Gasteiger partial charge in [0.2, 0.25) is 5.91 Å². The molecule has 2 aliphatic rings. The lowest BCUT2D eigenvalue weighted by molar-refractivity contribution is -0.138. The Bertz CT molecular complexity index is 270. The van der Waals surface area contributed by atoms with Crippen LogP contribution >= 0.6 is 0 Å². The fraction of sp³-hybridized carbons (Fsp3) is 0.933. The largest absolute Gasteiger partial charge is 0.342 e. The minimum Gasteiger partial charge on any atom is -0.342 e. The van der Waals surface area contributed by atoms with E-state index in [2.05, 4.69) is 24.1 Å². The van der Waals surface area contributed by atoms with Crippen LogP contribution in [0, 0.1) is 11.3 Å². The van der Waals surface area contributed by atoms with Crippen molar-refractivity contribution in [3.63, 3.8) is 0 Å². The molecule has 0 aromatic heterocycles. The summed E-state index contributed by atoms with van der Waals surface area (Å²) in [6.07, 6.45) is 7.00. The van der Waals surface area contributed by atoms with E-state index in [0.29, 0.717) is 17.2 Å². The predicted octanol–water partition coefficient (Wildman–Crippen LogP) is 2.41. The molecule has 0 bridgehead atoms. The number of rotatable bonds is 3. The lowest BCUT2D eigenvalue weighted by Gasteiger charge is -2.42. The zero-order valence-electron chi connectivity index (χ0n) is 12.0. The number of hydrogen-bond acceptors (Lipinski definition) is 2. The van der Waals surface area contributed by atoms with Gasteiger partial charge >= 0.3 is 0 Å². The molecule has 1 N–H and O–H groups in total. The molecule has 3 heteroatoms. The van der Waals surface area contributed by atoms with Gasteiger partial charge in [0.05, 0.1) is 0 Å². The number of amides is 1. The highest BCUT2D eigenvalue weighted by Crippen LogP contribution is 2.38. The molecule has 2 saturated heterocycles. The average molecular weight is 252 g/mol. The van der Waals surface area contributed by atoms with Crippen molar-refractivity contribution in [2.75, 3.05) is 26.2 Å². The zero-order chi connectivity index (χ0) is 13.0. The molecule has 0 aromatic rings. The highest BCUT2D eigenvalue weighted by molar-refractivity contribution is 5.79. The van der Waals surface area contributed by atoms with E-state index in [4.69, 9.17) is 0 Å². The Balaban J connectivity index is 1.87. The molecule has 1 amide bonds. The monoisotopic (exact) mass is 252 g/mol. The molecule has 2 heterocycles. The summed E-state index contributed by atoms with van der Waals surface area (Å²) in [6.45, 7) is 8.60. The van der Waals surface area contributed by atoms with Crippen LogP contribution in [0.15, 0.2) is 0 Å². The van der Waals surface area contributed by atoms with Crippen molar-refractivity contribution in [1.82, 2.24) is 10.2 Å². The fourth-order valence-electron chi connectivity index (χ4n) is 3.49. The number of likely N-dealkylation sites (tertiary alicyclic amines) is 1. The molecule has 0 aromatic carbocycles. The molecular weight excluding hydrogens is 224 g/mol. The highest BCUT2D eigenvalue weighted by atomic mass is 16.2. The normalized spacial score (nSPS) is 25.1. The standard InChI is InChI=1S/C15H28N2O/c1-3-15(4-2)7-11-17(12-8-15)14(18)13-5-9-16-10-6-13/h13,16H,3-12H2,1-2H3. The van der Waals surface area contributed by atoms with Gasteiger partial charge in [-0.1, -0.05) is 26.7 Å². The topological polar surface area (TPSA) is 32.3 Å². The average Bonchev–Trinajstić information content (AvgIpc) is 2.47. The first-order chi connectivity index (χ1) is 8.71. The summed E-state index contributed by atoms with van der Waals surface area (Å²) < 4.78 is 0. The maximum atomic E-state index is 12.4. The third-order valence-electron chi connectivity index (χ3n) is 5.32. The van der Waals surface area contributed by atoms with Crippen molar-refractivity contribution >= 4 is 5.91 Å². The Labute approximate surface area is 111 Å². The van der Waals surface area contributed by atoms with Crippen molar-refractivity contribution < 1.29 is 4.79 Å². The van der Waals surface area contributed by atoms with Crippen LogP contribution in [0.1, 0.15) is 52.4 Å². The first-order valence-electron chi connectivity index (χ1n) is 7.70. The van der Waals surface area contributed by atoms with Crippen LogP contribution in [-0.4, -0.2) is 37.0 Å². The number of hydrogen-bond donors (Lipinski definition) is 1. The second-order valence-electron chi connectivity index (χ2n) is 6.06. The molecule has 0 radical (unpaired) electrons. The molecule has 0 spiro atoms. The number of nitrogens with zero attached hydrogens (tertiary/aromatic N) is 1. The molecule has 18 heavy (non-hydrogen) atoms. The van der Waals surface area contributed by atoms with Gasteiger partial charge in [0.25, 0.3) is 0 Å². The van der Waals surface area contributed by atoms with E-state index >= 15 is 0 Å². The molecular formula is C15H28N2O. The van der Waals surface area contributed by atoms with Crippen molar-refractivity contribution in [2.24, 2.45) is 11.3 Å². The third kappa shape index (κ3) is 2.87. The van der Waals surface area contributed by atoms with Gasteiger partial charge in [-0.15, -0.1) is 0 Å². The quantitative estimate of drug-likeness (QED) is 0.836. The summed E-state index contributed by atoms with van der Waals surface area (Å²) in [4.78, 5) is 14.6. The van der Waals surface area contributed by atoms with Gasteiger partial charge in [-0.05, 0) is 44.2 Å². The molecule has 0 atom stereocenters. The van der Waals surface area contributed by atoms with E-state index in [1.165, 1.54) is 25.7 Å². The molecule has 104 valence electrons. The third-order valence-corrected chi connectivity index (χ3v) is 5.32. The summed E-state index contributed by atoms with van der Waals surface area (Å²) >= 11 is 0. The number of nitrogens with one attached hydrogen (secondary N) is 1. The van der Waals surface area contributed by atoms with Crippen LogP contribution in [0.4, 0.5) is 0 Å². The molecule has 3 nitrogen and oxygen atoms in total. The van der Waals surface area contributed by atoms with Crippen molar-refractivity contribution in [1.29, 1.82) is 0 Å². The van der Waals surface area contributed by atoms with Crippen molar-refractivity contribution in [2.45, 2.75) is 52.4 Å². The van der Waals surface area contributed by atoms with Crippen LogP contribution in [0.2, 0.25) is 0 Å². The van der Waals surface area contributed by atoms with Gasteiger partial charge in [-0.2, -0.15) is 0 Å². The van der Waals surface area contributed by atoms with Crippen molar-refractivity contribution in [3.8, 4) is 0 Å². The summed E-state index contributed by atoms with van der Waals surface area (Å²) in [5, 5.41) is 3.33. The molecule has 2 fully saturated rings. The van der Waals surface area contributed by atoms with Gasteiger partial charge in [0.15, 0.2) is 0 Å². The van der Waals surface area contributed by atoms with Crippen LogP contribution in [0.3, 0.4) is 0 Å². The first kappa shape index (κ1) is 13.9. The first-order valence-corrected chi connectivity index (χ1v) is 7.70. The Morgan fingerprint density at radius 3 is 2.22 bits per heavy atom. The van der Waals surface area contributed by atoms with E-state index in [1.807, 2.05) is 0 Å². The van der Waals surface area contributed by atoms with Crippen LogP contribution in [-0.2, 0) is 4.79 Å². The summed E-state index contributed by atoms with van der Waals surface area (Å²) in [6, 6.07) is 0.